The Bertz CT molecular complexity index is 532. The van der Waals surface area contributed by atoms with Crippen molar-refractivity contribution in [2.75, 3.05) is 33.8 Å². The predicted molar refractivity (Wildman–Crippen MR) is 111 cm³/mol. The highest BCUT2D eigenvalue weighted by Crippen LogP contribution is 2.22. The Morgan fingerprint density at radius 1 is 1.32 bits per heavy atom. The lowest BCUT2D eigenvalue weighted by molar-refractivity contribution is 0.292. The molecule has 0 saturated heterocycles. The van der Waals surface area contributed by atoms with Gasteiger partial charge in [0.15, 0.2) is 5.96 Å². The first-order valence-corrected chi connectivity index (χ1v) is 9.85. The molecule has 1 aromatic carbocycles. The van der Waals surface area contributed by atoms with E-state index in [4.69, 9.17) is 4.74 Å². The van der Waals surface area contributed by atoms with Gasteiger partial charge in [-0.2, -0.15) is 0 Å². The second-order valence-corrected chi connectivity index (χ2v) is 7.01. The number of hydrogen-bond acceptors (Lipinski definition) is 3. The van der Waals surface area contributed by atoms with Crippen LogP contribution in [0.1, 0.15) is 39.2 Å². The minimum Gasteiger partial charge on any atom is -0.496 e. The quantitative estimate of drug-likeness (QED) is 0.454. The van der Waals surface area contributed by atoms with Gasteiger partial charge in [-0.05, 0) is 57.6 Å². The summed E-state index contributed by atoms with van der Waals surface area (Å²) in [7, 11) is 3.49. The number of nitrogens with one attached hydrogen (secondary N) is 2. The molecule has 1 rings (SSSR count). The molecule has 142 valence electrons. The summed E-state index contributed by atoms with van der Waals surface area (Å²) in [6, 6.07) is 6.39. The molecule has 0 heterocycles. The zero-order valence-corrected chi connectivity index (χ0v) is 17.8. The van der Waals surface area contributed by atoms with Crippen LogP contribution in [0.3, 0.4) is 0 Å². The number of halogens is 1. The van der Waals surface area contributed by atoms with Crippen LogP contribution in [0.15, 0.2) is 27.7 Å². The lowest BCUT2D eigenvalue weighted by atomic mass is 10.1. The fourth-order valence-corrected chi connectivity index (χ4v) is 3.13. The summed E-state index contributed by atoms with van der Waals surface area (Å²) in [6.07, 6.45) is 2.31. The molecule has 1 unspecified atom stereocenters. The molecule has 0 fully saturated rings. The zero-order chi connectivity index (χ0) is 18.7. The van der Waals surface area contributed by atoms with E-state index in [0.29, 0.717) is 12.6 Å². The van der Waals surface area contributed by atoms with Gasteiger partial charge in [0.25, 0.3) is 0 Å². The third-order valence-corrected chi connectivity index (χ3v) is 4.79. The van der Waals surface area contributed by atoms with E-state index in [1.807, 2.05) is 12.1 Å². The van der Waals surface area contributed by atoms with E-state index in [9.17, 15) is 0 Å². The number of guanidine groups is 1. The van der Waals surface area contributed by atoms with Crippen molar-refractivity contribution >= 4 is 21.9 Å². The second kappa shape index (κ2) is 12.1. The van der Waals surface area contributed by atoms with Gasteiger partial charge in [-0.1, -0.05) is 29.8 Å². The number of benzene rings is 1. The van der Waals surface area contributed by atoms with Crippen LogP contribution in [-0.4, -0.2) is 50.7 Å². The summed E-state index contributed by atoms with van der Waals surface area (Å²) in [5.74, 6) is 1.69. The van der Waals surface area contributed by atoms with Gasteiger partial charge in [0.05, 0.1) is 7.11 Å². The third kappa shape index (κ3) is 8.10. The minimum absolute atomic E-state index is 0.381. The molecule has 0 aromatic heterocycles. The molecule has 0 aliphatic rings. The van der Waals surface area contributed by atoms with Crippen LogP contribution in [0, 0.1) is 0 Å². The Balaban J connectivity index is 2.45. The number of hydrogen-bond donors (Lipinski definition) is 2. The van der Waals surface area contributed by atoms with Crippen LogP contribution in [0.2, 0.25) is 0 Å². The van der Waals surface area contributed by atoms with E-state index in [1.54, 1.807) is 14.2 Å². The molecule has 0 radical (unpaired) electrons. The van der Waals surface area contributed by atoms with Gasteiger partial charge in [-0.25, -0.2) is 0 Å². The van der Waals surface area contributed by atoms with Crippen molar-refractivity contribution in [3.8, 4) is 5.75 Å². The highest BCUT2D eigenvalue weighted by molar-refractivity contribution is 9.10. The smallest absolute Gasteiger partial charge is 0.191 e. The van der Waals surface area contributed by atoms with Gasteiger partial charge >= 0.3 is 0 Å². The van der Waals surface area contributed by atoms with Gasteiger partial charge in [0, 0.05) is 29.7 Å². The maximum absolute atomic E-state index is 5.42. The Kier molecular flexibility index (Phi) is 10.6. The van der Waals surface area contributed by atoms with E-state index < -0.39 is 0 Å². The van der Waals surface area contributed by atoms with Crippen LogP contribution in [-0.2, 0) is 6.54 Å². The normalized spacial score (nSPS) is 13.0. The third-order valence-electron chi connectivity index (χ3n) is 4.30. The number of aliphatic imine (C=N–C) groups is 1. The van der Waals surface area contributed by atoms with Gasteiger partial charge in [0.1, 0.15) is 5.75 Å². The first-order chi connectivity index (χ1) is 12.0. The van der Waals surface area contributed by atoms with Crippen LogP contribution >= 0.6 is 15.9 Å². The van der Waals surface area contributed by atoms with Gasteiger partial charge in [-0.3, -0.25) is 4.99 Å². The van der Waals surface area contributed by atoms with Crippen LogP contribution in [0.5, 0.6) is 5.75 Å². The van der Waals surface area contributed by atoms with Crippen LogP contribution < -0.4 is 15.4 Å². The van der Waals surface area contributed by atoms with Crippen molar-refractivity contribution in [2.45, 2.75) is 46.2 Å². The highest BCUT2D eigenvalue weighted by Gasteiger charge is 2.08. The molecule has 5 nitrogen and oxygen atoms in total. The van der Waals surface area contributed by atoms with Crippen molar-refractivity contribution < 1.29 is 4.74 Å². The van der Waals surface area contributed by atoms with E-state index in [2.05, 4.69) is 63.3 Å². The van der Waals surface area contributed by atoms with Gasteiger partial charge < -0.3 is 20.3 Å². The van der Waals surface area contributed by atoms with Crippen molar-refractivity contribution in [1.82, 2.24) is 15.5 Å². The number of ether oxygens (including phenoxy) is 1. The lowest BCUT2D eigenvalue weighted by Crippen LogP contribution is -2.42. The molecule has 0 aliphatic carbocycles. The lowest BCUT2D eigenvalue weighted by Gasteiger charge is -2.21. The van der Waals surface area contributed by atoms with Crippen LogP contribution in [0.25, 0.3) is 0 Å². The standard InChI is InChI=1S/C19H33BrN4O/c1-6-24(7-2)12-8-9-15(3)23-19(21-4)22-14-16-13-17(20)10-11-18(16)25-5/h10-11,13,15H,6-9,12,14H2,1-5H3,(H2,21,22,23). The molecule has 0 amide bonds. The van der Waals surface area contributed by atoms with Crippen molar-refractivity contribution in [3.63, 3.8) is 0 Å². The highest BCUT2D eigenvalue weighted by atomic mass is 79.9. The Morgan fingerprint density at radius 2 is 2.04 bits per heavy atom. The maximum Gasteiger partial charge on any atom is 0.191 e. The van der Waals surface area contributed by atoms with Crippen molar-refractivity contribution in [3.05, 3.63) is 28.2 Å². The monoisotopic (exact) mass is 412 g/mol. The summed E-state index contributed by atoms with van der Waals surface area (Å²) in [4.78, 5) is 6.79. The largest absolute Gasteiger partial charge is 0.496 e. The molecule has 0 saturated carbocycles. The Hall–Kier alpha value is -1.27. The first-order valence-electron chi connectivity index (χ1n) is 9.05. The van der Waals surface area contributed by atoms with Crippen molar-refractivity contribution in [2.24, 2.45) is 4.99 Å². The van der Waals surface area contributed by atoms with E-state index in [0.717, 1.165) is 47.8 Å². The molecule has 0 aliphatic heterocycles. The maximum atomic E-state index is 5.42. The molecule has 1 atom stereocenters. The summed E-state index contributed by atoms with van der Waals surface area (Å²) in [5.41, 5.74) is 1.09. The van der Waals surface area contributed by atoms with Gasteiger partial charge in [-0.15, -0.1) is 0 Å². The average Bonchev–Trinajstić information content (AvgIpc) is 2.62. The Morgan fingerprint density at radius 3 is 2.64 bits per heavy atom. The van der Waals surface area contributed by atoms with Crippen LogP contribution in [0.4, 0.5) is 0 Å². The zero-order valence-electron chi connectivity index (χ0n) is 16.2. The molecule has 25 heavy (non-hydrogen) atoms. The van der Waals surface area contributed by atoms with E-state index in [1.165, 1.54) is 6.42 Å². The molecule has 2 N–H and O–H groups in total. The minimum atomic E-state index is 0.381. The number of nitrogens with zero attached hydrogens (tertiary/aromatic N) is 2. The summed E-state index contributed by atoms with van der Waals surface area (Å²) >= 11 is 3.51. The Labute approximate surface area is 161 Å². The average molecular weight is 413 g/mol. The SMILES string of the molecule is CCN(CC)CCCC(C)NC(=NC)NCc1cc(Br)ccc1OC. The molecular formula is C19H33BrN4O. The van der Waals surface area contributed by atoms with E-state index in [-0.39, 0.29) is 0 Å². The molecule has 0 bridgehead atoms. The molecule has 6 heteroatoms. The molecular weight excluding hydrogens is 380 g/mol. The van der Waals surface area contributed by atoms with Gasteiger partial charge in [0.2, 0.25) is 0 Å². The molecule has 1 aromatic rings. The topological polar surface area (TPSA) is 48.9 Å². The van der Waals surface area contributed by atoms with E-state index >= 15 is 0 Å². The summed E-state index contributed by atoms with van der Waals surface area (Å²) in [6.45, 7) is 10.7. The van der Waals surface area contributed by atoms with Crippen molar-refractivity contribution in [1.29, 1.82) is 0 Å². The fraction of sp³-hybridized carbons (Fsp3) is 0.632. The predicted octanol–water partition coefficient (Wildman–Crippen LogP) is 3.63. The first kappa shape index (κ1) is 21.8. The summed E-state index contributed by atoms with van der Waals surface area (Å²) in [5, 5.41) is 6.83. The second-order valence-electron chi connectivity index (χ2n) is 6.10. The number of methoxy groups -OCH3 is 1. The number of rotatable bonds is 10. The summed E-state index contributed by atoms with van der Waals surface area (Å²) < 4.78 is 6.46. The molecule has 0 spiro atoms. The fourth-order valence-electron chi connectivity index (χ4n) is 2.73.